The average Bonchev–Trinajstić information content (AvgIpc) is 2.88. The van der Waals surface area contributed by atoms with Crippen molar-refractivity contribution in [2.75, 3.05) is 19.6 Å². The second-order valence-electron chi connectivity index (χ2n) is 5.03. The fraction of sp³-hybridized carbons (Fsp3) is 0.750. The maximum atomic E-state index is 4.29. The van der Waals surface area contributed by atoms with Crippen molar-refractivity contribution in [3.8, 4) is 0 Å². The van der Waals surface area contributed by atoms with Crippen molar-refractivity contribution in [2.45, 2.75) is 26.8 Å². The first-order valence-corrected chi connectivity index (χ1v) is 6.96. The molecule has 2 heterocycles. The lowest BCUT2D eigenvalue weighted by atomic mass is 9.76. The van der Waals surface area contributed by atoms with Gasteiger partial charge in [-0.2, -0.15) is 0 Å². The Balaban J connectivity index is 1.83. The van der Waals surface area contributed by atoms with Gasteiger partial charge in [-0.15, -0.1) is 11.3 Å². The van der Waals surface area contributed by atoms with Gasteiger partial charge in [0.1, 0.15) is 0 Å². The second kappa shape index (κ2) is 5.25. The summed E-state index contributed by atoms with van der Waals surface area (Å²) in [6, 6.07) is 0. The summed E-state index contributed by atoms with van der Waals surface area (Å²) < 4.78 is 0. The molecule has 1 aromatic heterocycles. The molecule has 2 rings (SSSR count). The molecule has 16 heavy (non-hydrogen) atoms. The number of nitrogens with one attached hydrogen (secondary N) is 2. The number of thiazole rings is 1. The lowest BCUT2D eigenvalue weighted by molar-refractivity contribution is 0.208. The van der Waals surface area contributed by atoms with Gasteiger partial charge in [0, 0.05) is 25.0 Å². The highest BCUT2D eigenvalue weighted by molar-refractivity contribution is 7.07. The van der Waals surface area contributed by atoms with Crippen LogP contribution in [0.3, 0.4) is 0 Å². The first-order valence-electron chi connectivity index (χ1n) is 6.01. The van der Waals surface area contributed by atoms with Gasteiger partial charge in [0.2, 0.25) is 0 Å². The Morgan fingerprint density at radius 2 is 2.50 bits per heavy atom. The van der Waals surface area contributed by atoms with Crippen LogP contribution in [-0.2, 0) is 6.54 Å². The number of hydrogen-bond acceptors (Lipinski definition) is 4. The lowest BCUT2D eigenvalue weighted by Gasteiger charge is -2.32. The maximum absolute atomic E-state index is 4.29. The van der Waals surface area contributed by atoms with E-state index in [1.807, 2.05) is 5.51 Å². The van der Waals surface area contributed by atoms with Crippen molar-refractivity contribution in [3.63, 3.8) is 0 Å². The molecule has 1 aromatic rings. The summed E-state index contributed by atoms with van der Waals surface area (Å²) in [6.07, 6.45) is 1.29. The van der Waals surface area contributed by atoms with Crippen LogP contribution >= 0.6 is 11.3 Å². The fourth-order valence-electron chi connectivity index (χ4n) is 2.38. The Bertz CT molecular complexity index is 302. The molecule has 1 fully saturated rings. The summed E-state index contributed by atoms with van der Waals surface area (Å²) >= 11 is 1.66. The number of hydrogen-bond donors (Lipinski definition) is 2. The van der Waals surface area contributed by atoms with Crippen molar-refractivity contribution >= 4 is 11.3 Å². The zero-order valence-electron chi connectivity index (χ0n) is 10.1. The molecule has 1 saturated heterocycles. The molecule has 0 bridgehead atoms. The maximum Gasteiger partial charge on any atom is 0.0795 e. The molecule has 4 heteroatoms. The quantitative estimate of drug-likeness (QED) is 0.823. The van der Waals surface area contributed by atoms with Crippen LogP contribution in [0.5, 0.6) is 0 Å². The van der Waals surface area contributed by atoms with Gasteiger partial charge in [0.25, 0.3) is 0 Å². The molecule has 0 aromatic carbocycles. The molecule has 0 spiro atoms. The molecule has 0 radical (unpaired) electrons. The third kappa shape index (κ3) is 2.62. The fourth-order valence-corrected chi connectivity index (χ4v) is 2.93. The van der Waals surface area contributed by atoms with Crippen LogP contribution in [0.25, 0.3) is 0 Å². The zero-order chi connectivity index (χ0) is 11.4. The van der Waals surface area contributed by atoms with Crippen molar-refractivity contribution in [2.24, 2.45) is 11.3 Å². The average molecular weight is 239 g/mol. The predicted molar refractivity (Wildman–Crippen MR) is 68.6 cm³/mol. The predicted octanol–water partition coefficient (Wildman–Crippen LogP) is 1.87. The minimum absolute atomic E-state index is 0.440. The van der Waals surface area contributed by atoms with E-state index in [1.165, 1.54) is 6.42 Å². The normalized spacial score (nSPS) is 25.4. The molecule has 0 saturated carbocycles. The van der Waals surface area contributed by atoms with Crippen molar-refractivity contribution in [1.29, 1.82) is 0 Å². The van der Waals surface area contributed by atoms with Crippen LogP contribution in [0, 0.1) is 11.3 Å². The van der Waals surface area contributed by atoms with Gasteiger partial charge in [-0.3, -0.25) is 0 Å². The topological polar surface area (TPSA) is 37.0 Å². The first-order chi connectivity index (χ1) is 7.73. The summed E-state index contributed by atoms with van der Waals surface area (Å²) in [7, 11) is 0. The Hall–Kier alpha value is -0.450. The van der Waals surface area contributed by atoms with Crippen LogP contribution in [0.4, 0.5) is 0 Å². The standard InChI is InChI=1S/C12H21N3S/c1-10(2)12(3-4-13-7-12)8-14-5-11-6-16-9-15-11/h6,9-10,13-14H,3-5,7-8H2,1-2H3. The van der Waals surface area contributed by atoms with E-state index >= 15 is 0 Å². The van der Waals surface area contributed by atoms with E-state index in [2.05, 4.69) is 34.8 Å². The lowest BCUT2D eigenvalue weighted by Crippen LogP contribution is -2.40. The van der Waals surface area contributed by atoms with Gasteiger partial charge in [-0.05, 0) is 24.3 Å². The third-order valence-corrected chi connectivity index (χ3v) is 4.40. The van der Waals surface area contributed by atoms with Gasteiger partial charge in [0.05, 0.1) is 11.2 Å². The Labute approximate surface area is 102 Å². The Morgan fingerprint density at radius 3 is 3.06 bits per heavy atom. The summed E-state index contributed by atoms with van der Waals surface area (Å²) in [5.74, 6) is 0.727. The molecule has 3 nitrogen and oxygen atoms in total. The molecule has 1 unspecified atom stereocenters. The van der Waals surface area contributed by atoms with Crippen molar-refractivity contribution in [1.82, 2.24) is 15.6 Å². The Kier molecular flexibility index (Phi) is 3.95. The molecule has 0 aliphatic carbocycles. The minimum atomic E-state index is 0.440. The molecule has 90 valence electrons. The SMILES string of the molecule is CC(C)C1(CNCc2cscn2)CCNC1. The molecular weight excluding hydrogens is 218 g/mol. The van der Waals surface area contributed by atoms with Crippen LogP contribution in [0.2, 0.25) is 0 Å². The highest BCUT2D eigenvalue weighted by atomic mass is 32.1. The van der Waals surface area contributed by atoms with Crippen LogP contribution in [-0.4, -0.2) is 24.6 Å². The van der Waals surface area contributed by atoms with Gasteiger partial charge in [-0.1, -0.05) is 13.8 Å². The van der Waals surface area contributed by atoms with E-state index in [0.717, 1.165) is 37.8 Å². The van der Waals surface area contributed by atoms with E-state index in [0.29, 0.717) is 5.41 Å². The smallest absolute Gasteiger partial charge is 0.0795 e. The molecule has 2 N–H and O–H groups in total. The van der Waals surface area contributed by atoms with Crippen molar-refractivity contribution < 1.29 is 0 Å². The monoisotopic (exact) mass is 239 g/mol. The van der Waals surface area contributed by atoms with Crippen LogP contribution in [0.1, 0.15) is 26.0 Å². The molecule has 1 aliphatic rings. The largest absolute Gasteiger partial charge is 0.316 e. The van der Waals surface area contributed by atoms with E-state index in [4.69, 9.17) is 0 Å². The van der Waals surface area contributed by atoms with Gasteiger partial charge >= 0.3 is 0 Å². The molecule has 0 amide bonds. The van der Waals surface area contributed by atoms with E-state index < -0.39 is 0 Å². The number of rotatable bonds is 5. The van der Waals surface area contributed by atoms with Crippen LogP contribution < -0.4 is 10.6 Å². The zero-order valence-corrected chi connectivity index (χ0v) is 10.9. The van der Waals surface area contributed by atoms with Gasteiger partial charge in [0.15, 0.2) is 0 Å². The van der Waals surface area contributed by atoms with E-state index in [9.17, 15) is 0 Å². The van der Waals surface area contributed by atoms with E-state index in [1.54, 1.807) is 11.3 Å². The minimum Gasteiger partial charge on any atom is -0.316 e. The highest BCUT2D eigenvalue weighted by Gasteiger charge is 2.36. The Morgan fingerprint density at radius 1 is 1.62 bits per heavy atom. The summed E-state index contributed by atoms with van der Waals surface area (Å²) in [5.41, 5.74) is 3.50. The highest BCUT2D eigenvalue weighted by Crippen LogP contribution is 2.33. The summed E-state index contributed by atoms with van der Waals surface area (Å²) in [5, 5.41) is 9.15. The molecule has 1 atom stereocenters. The third-order valence-electron chi connectivity index (χ3n) is 3.77. The van der Waals surface area contributed by atoms with Gasteiger partial charge in [-0.25, -0.2) is 4.98 Å². The van der Waals surface area contributed by atoms with Crippen molar-refractivity contribution in [3.05, 3.63) is 16.6 Å². The first kappa shape index (κ1) is 12.0. The number of nitrogens with zero attached hydrogens (tertiary/aromatic N) is 1. The summed E-state index contributed by atoms with van der Waals surface area (Å²) in [4.78, 5) is 4.29. The summed E-state index contributed by atoms with van der Waals surface area (Å²) in [6.45, 7) is 8.97. The number of aromatic nitrogens is 1. The molecular formula is C12H21N3S. The molecule has 1 aliphatic heterocycles. The van der Waals surface area contributed by atoms with Gasteiger partial charge < -0.3 is 10.6 Å². The second-order valence-corrected chi connectivity index (χ2v) is 5.75. The van der Waals surface area contributed by atoms with Crippen LogP contribution in [0.15, 0.2) is 10.9 Å². The van der Waals surface area contributed by atoms with E-state index in [-0.39, 0.29) is 0 Å².